The lowest BCUT2D eigenvalue weighted by Crippen LogP contribution is -2.43. The van der Waals surface area contributed by atoms with E-state index in [1.165, 1.54) is 4.90 Å². The van der Waals surface area contributed by atoms with E-state index in [2.05, 4.69) is 73.9 Å². The minimum Gasteiger partial charge on any atom is -0.410 e. The fourth-order valence-electron chi connectivity index (χ4n) is 6.44. The second-order valence-electron chi connectivity index (χ2n) is 13.8. The van der Waals surface area contributed by atoms with Crippen molar-refractivity contribution in [3.8, 4) is 0 Å². The van der Waals surface area contributed by atoms with Gasteiger partial charge < -0.3 is 14.0 Å². The lowest BCUT2D eigenvalue weighted by atomic mass is 9.95. The molecule has 7 rings (SSSR count). The number of hydrogen-bond acceptors (Lipinski definition) is 3. The summed E-state index contributed by atoms with van der Waals surface area (Å²) in [6.07, 6.45) is 9.23. The highest BCUT2D eigenvalue weighted by atomic mass is 28.4. The molecule has 0 saturated heterocycles. The number of rotatable bonds is 7. The fraction of sp³-hybridized carbons (Fsp3) is 0.263. The van der Waals surface area contributed by atoms with Crippen LogP contribution in [0.5, 0.6) is 0 Å². The Morgan fingerprint density at radius 3 is 2.20 bits per heavy atom. The molecule has 0 bridgehead atoms. The smallest absolute Gasteiger partial charge is 0.262 e. The number of nitrogens with one attached hydrogen (secondary N) is 1. The third-order valence-corrected chi connectivity index (χ3v) is 14.4. The van der Waals surface area contributed by atoms with E-state index in [-0.39, 0.29) is 35.5 Å². The van der Waals surface area contributed by atoms with Crippen LogP contribution in [0.3, 0.4) is 0 Å². The van der Waals surface area contributed by atoms with Crippen LogP contribution in [0, 0.1) is 0 Å². The predicted octanol–water partition coefficient (Wildman–Crippen LogP) is 8.49. The second kappa shape index (κ2) is 10.9. The molecule has 1 aliphatic carbocycles. The Hall–Kier alpha value is -4.46. The maximum absolute atomic E-state index is 14.4. The first-order chi connectivity index (χ1) is 21.5. The number of H-pyrrole nitrogens is 1. The summed E-state index contributed by atoms with van der Waals surface area (Å²) in [7, 11) is -1.95. The lowest BCUT2D eigenvalue weighted by Gasteiger charge is -2.38. The maximum Gasteiger partial charge on any atom is 0.262 e. The molecule has 6 nitrogen and oxygen atoms in total. The molecule has 0 radical (unpaired) electrons. The quantitative estimate of drug-likeness (QED) is 0.114. The van der Waals surface area contributed by atoms with E-state index in [0.29, 0.717) is 11.1 Å². The molecular formula is C38H39N3O3Si. The van der Waals surface area contributed by atoms with Crippen molar-refractivity contribution in [1.82, 2.24) is 14.5 Å². The Balaban J connectivity index is 1.34. The third kappa shape index (κ3) is 5.00. The number of fused-ring (bicyclic) bond motifs is 2. The molecule has 3 aromatic carbocycles. The number of hydrogen-bond donors (Lipinski definition) is 1. The van der Waals surface area contributed by atoms with Gasteiger partial charge in [0.15, 0.2) is 8.32 Å². The van der Waals surface area contributed by atoms with Crippen molar-refractivity contribution in [3.63, 3.8) is 0 Å². The van der Waals surface area contributed by atoms with Crippen LogP contribution < -0.4 is 0 Å². The Morgan fingerprint density at radius 2 is 1.47 bits per heavy atom. The van der Waals surface area contributed by atoms with Gasteiger partial charge in [0, 0.05) is 51.7 Å². The number of para-hydroxylation sites is 2. The summed E-state index contributed by atoms with van der Waals surface area (Å²) in [5.74, 6) is -0.544. The standard InChI is InChI=1S/C38H39N3O3Si/c1-38(2,3)45(4,5)44-27-20-19-26(21-27)40-24-31(29-16-10-12-18-33(29)40)35-34(30-22-39-32-17-11-9-15-28(30)32)36(42)41(37(35)43)23-25-13-7-6-8-14-25/h6-20,22,24,26-27,39H,21,23H2,1-5H3/t26-,27+/m1/s1. The Labute approximate surface area is 265 Å². The summed E-state index contributed by atoms with van der Waals surface area (Å²) in [5.41, 5.74) is 5.28. The molecule has 0 unspecified atom stereocenters. The van der Waals surface area contributed by atoms with Crippen LogP contribution >= 0.6 is 0 Å². The number of imide groups is 1. The first-order valence-corrected chi connectivity index (χ1v) is 18.6. The van der Waals surface area contributed by atoms with Crippen molar-refractivity contribution in [1.29, 1.82) is 0 Å². The minimum atomic E-state index is -1.95. The van der Waals surface area contributed by atoms with Crippen LogP contribution in [0.4, 0.5) is 0 Å². The van der Waals surface area contributed by atoms with Crippen LogP contribution in [-0.2, 0) is 20.6 Å². The molecule has 0 saturated carbocycles. The molecule has 45 heavy (non-hydrogen) atoms. The van der Waals surface area contributed by atoms with Crippen LogP contribution in [0.25, 0.3) is 33.0 Å². The summed E-state index contributed by atoms with van der Waals surface area (Å²) in [4.78, 5) is 33.5. The van der Waals surface area contributed by atoms with E-state index in [1.54, 1.807) is 0 Å². The van der Waals surface area contributed by atoms with E-state index in [4.69, 9.17) is 4.43 Å². The number of carbonyl (C=O) groups excluding carboxylic acids is 2. The SMILES string of the molecule is CC(C)(C)[Si](C)(C)O[C@H]1C=C[C@@H](n2cc(C3=C(c4c[nH]c5ccccc45)C(=O)N(Cc4ccccc4)C3=O)c3ccccc32)C1. The summed E-state index contributed by atoms with van der Waals surface area (Å²) < 4.78 is 9.02. The number of benzene rings is 3. The normalized spacial score (nSPS) is 19.2. The summed E-state index contributed by atoms with van der Waals surface area (Å²) >= 11 is 0. The van der Waals surface area contributed by atoms with Crippen molar-refractivity contribution in [2.45, 2.75) is 64.0 Å². The number of amides is 2. The molecule has 1 N–H and O–H groups in total. The van der Waals surface area contributed by atoms with Gasteiger partial charge in [-0.25, -0.2) is 0 Å². The highest BCUT2D eigenvalue weighted by Crippen LogP contribution is 2.44. The highest BCUT2D eigenvalue weighted by Gasteiger charge is 2.42. The Morgan fingerprint density at radius 1 is 0.822 bits per heavy atom. The van der Waals surface area contributed by atoms with Gasteiger partial charge >= 0.3 is 0 Å². The van der Waals surface area contributed by atoms with Crippen molar-refractivity contribution < 1.29 is 14.0 Å². The predicted molar refractivity (Wildman–Crippen MR) is 184 cm³/mol. The van der Waals surface area contributed by atoms with Crippen molar-refractivity contribution in [2.75, 3.05) is 0 Å². The first-order valence-electron chi connectivity index (χ1n) is 15.7. The monoisotopic (exact) mass is 613 g/mol. The molecule has 0 spiro atoms. The van der Waals surface area contributed by atoms with Gasteiger partial charge in [-0.05, 0) is 35.8 Å². The maximum atomic E-state index is 14.4. The molecule has 2 aliphatic rings. The zero-order valence-electron chi connectivity index (χ0n) is 26.5. The van der Waals surface area contributed by atoms with Crippen LogP contribution in [0.1, 0.15) is 49.9 Å². The summed E-state index contributed by atoms with van der Waals surface area (Å²) in [6, 6.07) is 25.9. The van der Waals surface area contributed by atoms with E-state index < -0.39 is 8.32 Å². The van der Waals surface area contributed by atoms with Gasteiger partial charge in [0.05, 0.1) is 29.8 Å². The average molecular weight is 614 g/mol. The number of aromatic amines is 1. The minimum absolute atomic E-state index is 0.0394. The average Bonchev–Trinajstić information content (AvgIpc) is 3.78. The van der Waals surface area contributed by atoms with Gasteiger partial charge in [0.1, 0.15) is 0 Å². The largest absolute Gasteiger partial charge is 0.410 e. The Bertz CT molecular complexity index is 2010. The van der Waals surface area contributed by atoms with Crippen molar-refractivity contribution >= 4 is 53.1 Å². The van der Waals surface area contributed by atoms with Crippen molar-refractivity contribution in [2.24, 2.45) is 0 Å². The molecule has 2 aromatic heterocycles. The number of allylic oxidation sites excluding steroid dienone is 1. The van der Waals surface area contributed by atoms with Crippen LogP contribution in [0.15, 0.2) is 103 Å². The van der Waals surface area contributed by atoms with Crippen molar-refractivity contribution in [3.05, 3.63) is 120 Å². The van der Waals surface area contributed by atoms with E-state index in [0.717, 1.165) is 44.9 Å². The van der Waals surface area contributed by atoms with E-state index in [1.807, 2.05) is 72.9 Å². The molecule has 7 heteroatoms. The number of aromatic nitrogens is 2. The molecule has 2 amide bonds. The number of carbonyl (C=O) groups is 2. The zero-order valence-corrected chi connectivity index (χ0v) is 27.5. The third-order valence-electron chi connectivity index (χ3n) is 9.85. The van der Waals surface area contributed by atoms with Gasteiger partial charge in [0.25, 0.3) is 11.8 Å². The molecule has 2 atom stereocenters. The zero-order chi connectivity index (χ0) is 31.5. The summed E-state index contributed by atoms with van der Waals surface area (Å²) in [6.45, 7) is 11.6. The van der Waals surface area contributed by atoms with Gasteiger partial charge in [-0.2, -0.15) is 0 Å². The number of nitrogens with zero attached hydrogens (tertiary/aromatic N) is 2. The van der Waals surface area contributed by atoms with Crippen LogP contribution in [0.2, 0.25) is 18.1 Å². The summed E-state index contributed by atoms with van der Waals surface area (Å²) in [5, 5.41) is 1.99. The molecule has 3 heterocycles. The van der Waals surface area contributed by atoms with Crippen LogP contribution in [-0.4, -0.2) is 40.7 Å². The molecule has 5 aromatic rings. The second-order valence-corrected chi connectivity index (χ2v) is 18.5. The van der Waals surface area contributed by atoms with Gasteiger partial charge in [-0.1, -0.05) is 99.7 Å². The molecule has 1 aliphatic heterocycles. The van der Waals surface area contributed by atoms with Gasteiger partial charge in [-0.15, -0.1) is 0 Å². The fourth-order valence-corrected chi connectivity index (χ4v) is 7.72. The topological polar surface area (TPSA) is 67.3 Å². The molecule has 0 fully saturated rings. The molecule has 228 valence electrons. The Kier molecular flexibility index (Phi) is 7.06. The lowest BCUT2D eigenvalue weighted by molar-refractivity contribution is -0.136. The highest BCUT2D eigenvalue weighted by molar-refractivity contribution is 6.74. The van der Waals surface area contributed by atoms with E-state index >= 15 is 0 Å². The van der Waals surface area contributed by atoms with E-state index in [9.17, 15) is 9.59 Å². The first kappa shape index (κ1) is 29.3. The van der Waals surface area contributed by atoms with Gasteiger partial charge in [-0.3, -0.25) is 14.5 Å². The molecular weight excluding hydrogens is 575 g/mol. The van der Waals surface area contributed by atoms with Gasteiger partial charge in [0.2, 0.25) is 0 Å².